The number of amides is 2. The summed E-state index contributed by atoms with van der Waals surface area (Å²) >= 11 is 0. The van der Waals surface area contributed by atoms with E-state index in [0.29, 0.717) is 19.4 Å². The van der Waals surface area contributed by atoms with E-state index in [1.807, 2.05) is 48.5 Å². The molecule has 1 atom stereocenters. The molecule has 0 saturated carbocycles. The van der Waals surface area contributed by atoms with Gasteiger partial charge in [-0.2, -0.15) is 5.10 Å². The molecule has 34 heavy (non-hydrogen) atoms. The van der Waals surface area contributed by atoms with Crippen LogP contribution in [0.4, 0.5) is 4.79 Å². The van der Waals surface area contributed by atoms with Crippen LogP contribution in [0.25, 0.3) is 11.1 Å². The van der Waals surface area contributed by atoms with Gasteiger partial charge in [-0.15, -0.1) is 0 Å². The van der Waals surface area contributed by atoms with E-state index >= 15 is 0 Å². The normalized spacial score (nSPS) is 12.9. The summed E-state index contributed by atoms with van der Waals surface area (Å²) in [5.41, 5.74) is 5.34. The number of carbonyl (C=O) groups is 3. The molecule has 2 amide bonds. The van der Waals surface area contributed by atoms with Crippen LogP contribution < -0.4 is 10.6 Å². The highest BCUT2D eigenvalue weighted by molar-refractivity contribution is 5.89. The summed E-state index contributed by atoms with van der Waals surface area (Å²) in [5.74, 6) is -1.89. The molecular formula is C25H26N4O5. The Morgan fingerprint density at radius 3 is 2.35 bits per heavy atom. The van der Waals surface area contributed by atoms with E-state index in [0.717, 1.165) is 27.8 Å². The van der Waals surface area contributed by atoms with Gasteiger partial charge >= 0.3 is 12.1 Å². The van der Waals surface area contributed by atoms with Gasteiger partial charge in [-0.25, -0.2) is 4.79 Å². The van der Waals surface area contributed by atoms with Gasteiger partial charge in [0.2, 0.25) is 5.91 Å². The number of aryl methyl sites for hydroxylation is 1. The molecule has 0 bridgehead atoms. The van der Waals surface area contributed by atoms with E-state index in [9.17, 15) is 19.5 Å². The third-order valence-corrected chi connectivity index (χ3v) is 5.83. The number of hydrogen-bond donors (Lipinski definition) is 4. The van der Waals surface area contributed by atoms with Crippen LogP contribution in [0.2, 0.25) is 0 Å². The molecule has 176 valence electrons. The van der Waals surface area contributed by atoms with Crippen molar-refractivity contribution in [3.05, 3.63) is 77.6 Å². The molecule has 0 aliphatic heterocycles. The summed E-state index contributed by atoms with van der Waals surface area (Å²) in [7, 11) is 0. The van der Waals surface area contributed by atoms with E-state index in [1.165, 1.54) is 0 Å². The van der Waals surface area contributed by atoms with Crippen molar-refractivity contribution < 1.29 is 24.2 Å². The number of nitrogens with one attached hydrogen (secondary N) is 3. The van der Waals surface area contributed by atoms with Crippen molar-refractivity contribution in [1.29, 1.82) is 0 Å². The zero-order valence-electron chi connectivity index (χ0n) is 18.5. The SMILES string of the molecule is O=C(O)CC(NC(=O)OCC1c2ccccc2-c2ccccc21)C(=O)NCCCc1cn[nH]c1. The lowest BCUT2D eigenvalue weighted by Gasteiger charge is -2.18. The standard InChI is InChI=1S/C25H26N4O5/c30-23(31)12-22(24(32)26-11-5-6-16-13-27-28-14-16)29-25(33)34-15-21-19-9-3-1-7-17(19)18-8-2-4-10-20(18)21/h1-4,7-10,13-14,21-22H,5-6,11-12,15H2,(H,26,32)(H,27,28)(H,29,33)(H,30,31). The zero-order chi connectivity index (χ0) is 23.9. The molecule has 1 aliphatic rings. The van der Waals surface area contributed by atoms with E-state index < -0.39 is 30.4 Å². The van der Waals surface area contributed by atoms with Crippen LogP contribution in [0, 0.1) is 0 Å². The molecule has 0 fully saturated rings. The topological polar surface area (TPSA) is 133 Å². The van der Waals surface area contributed by atoms with E-state index in [1.54, 1.807) is 12.4 Å². The minimum absolute atomic E-state index is 0.0754. The molecule has 3 aromatic rings. The molecule has 2 aromatic carbocycles. The van der Waals surface area contributed by atoms with Crippen LogP contribution in [0.3, 0.4) is 0 Å². The van der Waals surface area contributed by atoms with Gasteiger partial charge in [0.1, 0.15) is 12.6 Å². The first-order valence-corrected chi connectivity index (χ1v) is 11.1. The molecule has 0 radical (unpaired) electrons. The van der Waals surface area contributed by atoms with Gasteiger partial charge in [0.05, 0.1) is 12.6 Å². The second-order valence-electron chi connectivity index (χ2n) is 8.12. The van der Waals surface area contributed by atoms with Crippen molar-refractivity contribution in [3.8, 4) is 11.1 Å². The lowest BCUT2D eigenvalue weighted by Crippen LogP contribution is -2.48. The number of carbonyl (C=O) groups excluding carboxylic acids is 2. The number of nitrogens with zero attached hydrogens (tertiary/aromatic N) is 1. The smallest absolute Gasteiger partial charge is 0.407 e. The fourth-order valence-corrected chi connectivity index (χ4v) is 4.21. The number of aromatic amines is 1. The van der Waals surface area contributed by atoms with Crippen LogP contribution in [-0.2, 0) is 20.7 Å². The third kappa shape index (κ3) is 5.43. The number of ether oxygens (including phenoxy) is 1. The largest absolute Gasteiger partial charge is 0.481 e. The zero-order valence-corrected chi connectivity index (χ0v) is 18.5. The number of carboxylic acid groups (broad SMARTS) is 1. The summed E-state index contributed by atoms with van der Waals surface area (Å²) in [6, 6.07) is 14.7. The fraction of sp³-hybridized carbons (Fsp3) is 0.280. The summed E-state index contributed by atoms with van der Waals surface area (Å²) in [6.45, 7) is 0.415. The molecule has 1 heterocycles. The average Bonchev–Trinajstić information content (AvgIpc) is 3.46. The predicted octanol–water partition coefficient (Wildman–Crippen LogP) is 2.84. The number of H-pyrrole nitrogens is 1. The fourth-order valence-electron chi connectivity index (χ4n) is 4.21. The van der Waals surface area contributed by atoms with Crippen molar-refractivity contribution in [2.24, 2.45) is 0 Å². The van der Waals surface area contributed by atoms with Crippen LogP contribution in [0.1, 0.15) is 35.4 Å². The number of aliphatic carboxylic acids is 1. The molecule has 0 spiro atoms. The number of benzene rings is 2. The van der Waals surface area contributed by atoms with Gasteiger partial charge in [0.15, 0.2) is 0 Å². The Kier molecular flexibility index (Phi) is 7.22. The molecule has 1 aliphatic carbocycles. The lowest BCUT2D eigenvalue weighted by molar-refractivity contribution is -0.139. The highest BCUT2D eigenvalue weighted by Gasteiger charge is 2.30. The Morgan fingerprint density at radius 2 is 1.74 bits per heavy atom. The van der Waals surface area contributed by atoms with Crippen molar-refractivity contribution in [2.45, 2.75) is 31.2 Å². The quantitative estimate of drug-likeness (QED) is 0.343. The van der Waals surface area contributed by atoms with Gasteiger partial charge in [-0.05, 0) is 40.7 Å². The Bertz CT molecular complexity index is 1120. The monoisotopic (exact) mass is 462 g/mol. The minimum atomic E-state index is -1.23. The highest BCUT2D eigenvalue weighted by Crippen LogP contribution is 2.44. The van der Waals surface area contributed by atoms with Gasteiger partial charge in [0, 0.05) is 18.7 Å². The van der Waals surface area contributed by atoms with E-state index in [2.05, 4.69) is 20.8 Å². The van der Waals surface area contributed by atoms with Gasteiger partial charge in [-0.3, -0.25) is 14.7 Å². The van der Waals surface area contributed by atoms with Gasteiger partial charge in [-0.1, -0.05) is 48.5 Å². The summed E-state index contributed by atoms with van der Waals surface area (Å²) < 4.78 is 5.44. The van der Waals surface area contributed by atoms with E-state index in [-0.39, 0.29) is 12.5 Å². The minimum Gasteiger partial charge on any atom is -0.481 e. The second kappa shape index (κ2) is 10.7. The Labute approximate surface area is 196 Å². The van der Waals surface area contributed by atoms with Crippen molar-refractivity contribution in [2.75, 3.05) is 13.2 Å². The summed E-state index contributed by atoms with van der Waals surface area (Å²) in [5, 5.41) is 20.8. The molecular weight excluding hydrogens is 436 g/mol. The van der Waals surface area contributed by atoms with Crippen LogP contribution >= 0.6 is 0 Å². The first-order valence-electron chi connectivity index (χ1n) is 11.1. The molecule has 9 nitrogen and oxygen atoms in total. The molecule has 9 heteroatoms. The number of rotatable bonds is 10. The number of aromatic nitrogens is 2. The number of fused-ring (bicyclic) bond motifs is 3. The maximum atomic E-state index is 12.5. The first-order chi connectivity index (χ1) is 16.5. The highest BCUT2D eigenvalue weighted by atomic mass is 16.5. The van der Waals surface area contributed by atoms with Gasteiger partial charge < -0.3 is 20.5 Å². The molecule has 1 aromatic heterocycles. The molecule has 4 N–H and O–H groups in total. The number of carboxylic acids is 1. The van der Waals surface area contributed by atoms with Crippen molar-refractivity contribution >= 4 is 18.0 Å². The predicted molar refractivity (Wildman–Crippen MR) is 124 cm³/mol. The Morgan fingerprint density at radius 1 is 1.06 bits per heavy atom. The van der Waals surface area contributed by atoms with Crippen molar-refractivity contribution in [3.63, 3.8) is 0 Å². The first kappa shape index (κ1) is 23.0. The Hall–Kier alpha value is -4.14. The van der Waals surface area contributed by atoms with Crippen LogP contribution in [0.15, 0.2) is 60.9 Å². The van der Waals surface area contributed by atoms with Crippen LogP contribution in [0.5, 0.6) is 0 Å². The molecule has 1 unspecified atom stereocenters. The lowest BCUT2D eigenvalue weighted by atomic mass is 9.98. The third-order valence-electron chi connectivity index (χ3n) is 5.83. The van der Waals surface area contributed by atoms with E-state index in [4.69, 9.17) is 4.74 Å². The average molecular weight is 463 g/mol. The summed E-state index contributed by atoms with van der Waals surface area (Å²) in [4.78, 5) is 36.2. The molecule has 4 rings (SSSR count). The maximum Gasteiger partial charge on any atom is 0.407 e. The summed E-state index contributed by atoms with van der Waals surface area (Å²) in [6.07, 6.45) is 3.46. The van der Waals surface area contributed by atoms with Gasteiger partial charge in [0.25, 0.3) is 0 Å². The number of alkyl carbamates (subject to hydrolysis) is 1. The maximum absolute atomic E-state index is 12.5. The van der Waals surface area contributed by atoms with Crippen LogP contribution in [-0.4, -0.2) is 52.5 Å². The molecule has 0 saturated heterocycles. The Balaban J connectivity index is 1.32. The number of hydrogen-bond acceptors (Lipinski definition) is 5. The second-order valence-corrected chi connectivity index (χ2v) is 8.12. The van der Waals surface area contributed by atoms with Crippen molar-refractivity contribution in [1.82, 2.24) is 20.8 Å².